The molecule has 2 N–H and O–H groups in total. The SMILES string of the molecule is CC(C)(C)OC(=O)N1C[C@H](/C=C/c2c(N)cccc2F)N(C(=O)OCC2c3ccccc3-c3ccccc32)C2(CC2)C1. The minimum atomic E-state index is -0.662. The van der Waals surface area contributed by atoms with Crippen LogP contribution in [0.1, 0.15) is 56.2 Å². The number of carbonyl (C=O) groups is 2. The number of nitrogens with two attached hydrogens (primary N) is 1. The number of nitrogen functional groups attached to an aromatic ring is 1. The molecule has 0 unspecified atom stereocenters. The second kappa shape index (κ2) is 10.5. The highest BCUT2D eigenvalue weighted by atomic mass is 19.1. The molecule has 1 atom stereocenters. The van der Waals surface area contributed by atoms with Gasteiger partial charge in [0.15, 0.2) is 0 Å². The second-order valence-electron chi connectivity index (χ2n) is 12.4. The Morgan fingerprint density at radius 2 is 1.62 bits per heavy atom. The highest BCUT2D eigenvalue weighted by Gasteiger charge is 2.58. The summed E-state index contributed by atoms with van der Waals surface area (Å²) in [4.78, 5) is 30.5. The molecule has 8 heteroatoms. The molecule has 0 aromatic heterocycles. The molecule has 1 spiro atoms. The zero-order valence-corrected chi connectivity index (χ0v) is 24.2. The number of halogens is 1. The lowest BCUT2D eigenvalue weighted by Crippen LogP contribution is -2.63. The van der Waals surface area contributed by atoms with Crippen molar-refractivity contribution in [2.24, 2.45) is 0 Å². The summed E-state index contributed by atoms with van der Waals surface area (Å²) in [6.07, 6.45) is 3.89. The van der Waals surface area contributed by atoms with E-state index in [0.29, 0.717) is 12.2 Å². The lowest BCUT2D eigenvalue weighted by atomic mass is 9.98. The Hall–Kier alpha value is -4.33. The van der Waals surface area contributed by atoms with Gasteiger partial charge in [-0.05, 0) is 68.0 Å². The fourth-order valence-electron chi connectivity index (χ4n) is 6.24. The van der Waals surface area contributed by atoms with Crippen molar-refractivity contribution in [1.29, 1.82) is 0 Å². The van der Waals surface area contributed by atoms with Gasteiger partial charge >= 0.3 is 12.2 Å². The van der Waals surface area contributed by atoms with E-state index in [1.165, 1.54) is 6.07 Å². The highest BCUT2D eigenvalue weighted by molar-refractivity contribution is 5.79. The van der Waals surface area contributed by atoms with Gasteiger partial charge in [-0.25, -0.2) is 14.0 Å². The van der Waals surface area contributed by atoms with Crippen LogP contribution in [0.4, 0.5) is 19.7 Å². The number of carbonyl (C=O) groups excluding carboxylic acids is 2. The maximum Gasteiger partial charge on any atom is 0.410 e. The van der Waals surface area contributed by atoms with E-state index in [9.17, 15) is 14.0 Å². The number of benzene rings is 3. The Bertz CT molecular complexity index is 1490. The first-order chi connectivity index (χ1) is 20.1. The van der Waals surface area contributed by atoms with E-state index in [1.54, 1.807) is 34.1 Å². The number of piperazine rings is 1. The van der Waals surface area contributed by atoms with Gasteiger partial charge in [-0.2, -0.15) is 0 Å². The second-order valence-corrected chi connectivity index (χ2v) is 12.4. The summed E-state index contributed by atoms with van der Waals surface area (Å²) < 4.78 is 26.4. The first-order valence-electron chi connectivity index (χ1n) is 14.4. The number of fused-ring (bicyclic) bond motifs is 3. The van der Waals surface area contributed by atoms with Crippen LogP contribution in [0.3, 0.4) is 0 Å². The summed E-state index contributed by atoms with van der Waals surface area (Å²) >= 11 is 0. The molecular formula is C34H36FN3O4. The largest absolute Gasteiger partial charge is 0.448 e. The van der Waals surface area contributed by atoms with Crippen LogP contribution in [0.25, 0.3) is 17.2 Å². The fourth-order valence-corrected chi connectivity index (χ4v) is 6.24. The molecule has 7 nitrogen and oxygen atoms in total. The molecule has 1 heterocycles. The van der Waals surface area contributed by atoms with Gasteiger partial charge in [0.1, 0.15) is 18.0 Å². The smallest absolute Gasteiger partial charge is 0.410 e. The normalized spacial score (nSPS) is 19.1. The van der Waals surface area contributed by atoms with E-state index in [0.717, 1.165) is 35.1 Å². The summed E-state index contributed by atoms with van der Waals surface area (Å²) in [7, 11) is 0. The predicted molar refractivity (Wildman–Crippen MR) is 160 cm³/mol. The average molecular weight is 570 g/mol. The third-order valence-electron chi connectivity index (χ3n) is 8.32. The average Bonchev–Trinajstić information content (AvgIpc) is 3.62. The minimum Gasteiger partial charge on any atom is -0.448 e. The molecule has 3 aromatic rings. The third-order valence-corrected chi connectivity index (χ3v) is 8.32. The van der Waals surface area contributed by atoms with Crippen molar-refractivity contribution in [3.63, 3.8) is 0 Å². The number of nitrogens with zero attached hydrogens (tertiary/aromatic N) is 2. The van der Waals surface area contributed by atoms with E-state index in [2.05, 4.69) is 24.3 Å². The highest BCUT2D eigenvalue weighted by Crippen LogP contribution is 2.48. The Balaban J connectivity index is 1.28. The van der Waals surface area contributed by atoms with Gasteiger partial charge in [0.05, 0.1) is 11.6 Å². The van der Waals surface area contributed by atoms with Gasteiger partial charge in [0, 0.05) is 30.3 Å². The van der Waals surface area contributed by atoms with E-state index in [-0.39, 0.29) is 24.6 Å². The number of anilines is 1. The molecule has 218 valence electrons. The first kappa shape index (κ1) is 27.8. The summed E-state index contributed by atoms with van der Waals surface area (Å²) in [6, 6.07) is 20.4. The molecule has 2 aliphatic carbocycles. The molecule has 0 radical (unpaired) electrons. The molecule has 1 saturated carbocycles. The zero-order valence-electron chi connectivity index (χ0n) is 24.2. The standard InChI is InChI=1S/C34H36FN3O4/c1-33(2,3)42-31(39)37-19-22(15-16-27-29(35)13-8-14-30(27)36)38(34(21-37)17-18-34)32(40)41-20-28-25-11-6-4-9-23(25)24-10-5-7-12-26(24)28/h4-16,22,28H,17-21,36H2,1-3H3/b16-15+/t22-/m0/s1. The minimum absolute atomic E-state index is 0.0771. The number of rotatable bonds is 4. The van der Waals surface area contributed by atoms with Crippen molar-refractivity contribution >= 4 is 23.9 Å². The van der Waals surface area contributed by atoms with Crippen molar-refractivity contribution in [2.75, 3.05) is 25.4 Å². The van der Waals surface area contributed by atoms with E-state index < -0.39 is 35.2 Å². The summed E-state index contributed by atoms with van der Waals surface area (Å²) in [6.45, 7) is 6.19. The number of hydrogen-bond donors (Lipinski definition) is 1. The van der Waals surface area contributed by atoms with Gasteiger partial charge in [-0.3, -0.25) is 4.90 Å². The Kier molecular flexibility index (Phi) is 6.95. The number of hydrogen-bond acceptors (Lipinski definition) is 5. The molecule has 42 heavy (non-hydrogen) atoms. The number of amides is 2. The maximum atomic E-state index is 14.6. The van der Waals surface area contributed by atoms with Gasteiger partial charge in [0.2, 0.25) is 0 Å². The Morgan fingerprint density at radius 3 is 2.21 bits per heavy atom. The number of ether oxygens (including phenoxy) is 2. The summed E-state index contributed by atoms with van der Waals surface area (Å²) in [5.41, 5.74) is 9.93. The topological polar surface area (TPSA) is 85.1 Å². The van der Waals surface area contributed by atoms with Crippen molar-refractivity contribution in [3.8, 4) is 11.1 Å². The van der Waals surface area contributed by atoms with E-state index in [1.807, 2.05) is 45.0 Å². The molecule has 6 rings (SSSR count). The van der Waals surface area contributed by atoms with Crippen LogP contribution in [0.15, 0.2) is 72.8 Å². The van der Waals surface area contributed by atoms with Crippen LogP contribution in [-0.4, -0.2) is 58.9 Å². The van der Waals surface area contributed by atoms with Crippen molar-refractivity contribution in [2.45, 2.75) is 56.7 Å². The van der Waals surface area contributed by atoms with Crippen LogP contribution in [0.2, 0.25) is 0 Å². The molecular weight excluding hydrogens is 533 g/mol. The van der Waals surface area contributed by atoms with Crippen LogP contribution in [-0.2, 0) is 9.47 Å². The molecule has 3 aliphatic rings. The van der Waals surface area contributed by atoms with Gasteiger partial charge < -0.3 is 20.1 Å². The molecule has 0 bridgehead atoms. The molecule has 1 aliphatic heterocycles. The third kappa shape index (κ3) is 5.22. The van der Waals surface area contributed by atoms with E-state index >= 15 is 0 Å². The van der Waals surface area contributed by atoms with Gasteiger partial charge in [-0.1, -0.05) is 66.7 Å². The maximum absolute atomic E-state index is 14.6. The quantitative estimate of drug-likeness (QED) is 0.349. The molecule has 2 fully saturated rings. The van der Waals surface area contributed by atoms with Crippen LogP contribution >= 0.6 is 0 Å². The zero-order chi connectivity index (χ0) is 29.6. The Labute approximate surface area is 245 Å². The van der Waals surface area contributed by atoms with Gasteiger partial charge in [-0.15, -0.1) is 0 Å². The fraction of sp³-hybridized carbons (Fsp3) is 0.353. The lowest BCUT2D eigenvalue weighted by molar-refractivity contribution is -0.0130. The van der Waals surface area contributed by atoms with Crippen molar-refractivity contribution < 1.29 is 23.5 Å². The molecule has 1 saturated heterocycles. The van der Waals surface area contributed by atoms with Gasteiger partial charge in [0.25, 0.3) is 0 Å². The first-order valence-corrected chi connectivity index (χ1v) is 14.4. The lowest BCUT2D eigenvalue weighted by Gasteiger charge is -2.46. The van der Waals surface area contributed by atoms with Crippen molar-refractivity contribution in [1.82, 2.24) is 9.80 Å². The molecule has 3 aromatic carbocycles. The van der Waals surface area contributed by atoms with Crippen LogP contribution < -0.4 is 5.73 Å². The predicted octanol–water partition coefficient (Wildman–Crippen LogP) is 6.82. The molecule has 2 amide bonds. The Morgan fingerprint density at radius 1 is 0.976 bits per heavy atom. The van der Waals surface area contributed by atoms with Crippen molar-refractivity contribution in [3.05, 3.63) is 95.3 Å². The summed E-state index contributed by atoms with van der Waals surface area (Å²) in [5, 5.41) is 0. The summed E-state index contributed by atoms with van der Waals surface area (Å²) in [5.74, 6) is -0.536. The van der Waals surface area contributed by atoms with Crippen LogP contribution in [0, 0.1) is 5.82 Å². The van der Waals surface area contributed by atoms with Crippen LogP contribution in [0.5, 0.6) is 0 Å². The monoisotopic (exact) mass is 569 g/mol. The van der Waals surface area contributed by atoms with E-state index in [4.69, 9.17) is 15.2 Å².